The van der Waals surface area contributed by atoms with Crippen molar-refractivity contribution in [3.05, 3.63) is 35.8 Å². The predicted octanol–water partition coefficient (Wildman–Crippen LogP) is 4.92. The zero-order chi connectivity index (χ0) is 24.4. The summed E-state index contributed by atoms with van der Waals surface area (Å²) >= 11 is 1.34. The molecular weight excluding hydrogens is 448 g/mol. The van der Waals surface area contributed by atoms with E-state index < -0.39 is 0 Å². The lowest BCUT2D eigenvalue weighted by Gasteiger charge is -2.36. The second-order valence-electron chi connectivity index (χ2n) is 9.81. The molecule has 0 N–H and O–H groups in total. The molecule has 34 heavy (non-hydrogen) atoms. The number of hydrogen-bond acceptors (Lipinski definition) is 6. The van der Waals surface area contributed by atoms with Crippen molar-refractivity contribution in [3.63, 3.8) is 0 Å². The number of carbonyl (C=O) groups is 2. The summed E-state index contributed by atoms with van der Waals surface area (Å²) in [5.74, 6) is 2.12. The third-order valence-corrected chi connectivity index (χ3v) is 8.24. The summed E-state index contributed by atoms with van der Waals surface area (Å²) in [5.41, 5.74) is 0. The largest absolute Gasteiger partial charge is 0.497 e. The van der Waals surface area contributed by atoms with Gasteiger partial charge in [-0.05, 0) is 37.8 Å². The molecule has 0 bridgehead atoms. The van der Waals surface area contributed by atoms with Gasteiger partial charge >= 0.3 is 0 Å². The zero-order valence-electron chi connectivity index (χ0n) is 21.2. The number of unbranched alkanes of at least 4 members (excludes halogenated alkanes) is 5. The fraction of sp³-hybridized carbons (Fsp3) is 0.704. The van der Waals surface area contributed by atoms with Crippen molar-refractivity contribution < 1.29 is 19.1 Å². The van der Waals surface area contributed by atoms with Crippen molar-refractivity contribution in [1.29, 1.82) is 0 Å². The number of piperazine rings is 1. The van der Waals surface area contributed by atoms with Gasteiger partial charge in [-0.1, -0.05) is 63.3 Å². The van der Waals surface area contributed by atoms with E-state index in [-0.39, 0.29) is 22.4 Å². The Labute approximate surface area is 209 Å². The summed E-state index contributed by atoms with van der Waals surface area (Å²) in [7, 11) is 1.70. The Hall–Kier alpha value is -1.73. The van der Waals surface area contributed by atoms with E-state index in [1.54, 1.807) is 13.2 Å². The van der Waals surface area contributed by atoms with Crippen molar-refractivity contribution in [2.75, 3.05) is 46.4 Å². The molecule has 2 unspecified atom stereocenters. The first-order valence-electron chi connectivity index (χ1n) is 12.9. The summed E-state index contributed by atoms with van der Waals surface area (Å²) < 4.78 is 10.9. The van der Waals surface area contributed by atoms with Gasteiger partial charge in [-0.25, -0.2) is 0 Å². The molecule has 3 aliphatic rings. The summed E-state index contributed by atoms with van der Waals surface area (Å²) in [6.07, 6.45) is 17.2. The molecule has 2 atom stereocenters. The average molecular weight is 491 g/mol. The summed E-state index contributed by atoms with van der Waals surface area (Å²) in [5, 5.41) is 0.0359. The third kappa shape index (κ3) is 7.91. The molecule has 190 valence electrons. The van der Waals surface area contributed by atoms with Crippen molar-refractivity contribution >= 4 is 22.8 Å². The molecule has 1 saturated heterocycles. The molecule has 0 aromatic carbocycles. The van der Waals surface area contributed by atoms with Crippen molar-refractivity contribution in [2.45, 2.75) is 70.0 Å². The lowest BCUT2D eigenvalue weighted by molar-refractivity contribution is -0.136. The van der Waals surface area contributed by atoms with E-state index >= 15 is 0 Å². The molecule has 0 aromatic rings. The number of allylic oxidation sites excluding steroid dienone is 2. The molecule has 6 nitrogen and oxygen atoms in total. The fourth-order valence-electron chi connectivity index (χ4n) is 4.85. The van der Waals surface area contributed by atoms with Crippen LogP contribution in [0, 0.1) is 5.92 Å². The first-order chi connectivity index (χ1) is 16.4. The van der Waals surface area contributed by atoms with E-state index in [4.69, 9.17) is 9.47 Å². The van der Waals surface area contributed by atoms with E-state index in [2.05, 4.69) is 30.9 Å². The number of methoxy groups -OCH3 is 1. The van der Waals surface area contributed by atoms with Crippen molar-refractivity contribution in [2.24, 2.45) is 5.92 Å². The molecule has 7 heteroatoms. The van der Waals surface area contributed by atoms with Crippen LogP contribution in [0.3, 0.4) is 0 Å². The quantitative estimate of drug-likeness (QED) is 0.342. The predicted molar refractivity (Wildman–Crippen MR) is 138 cm³/mol. The minimum atomic E-state index is -0.342. The van der Waals surface area contributed by atoms with Crippen LogP contribution in [0.25, 0.3) is 0 Å². The number of thioether (sulfide) groups is 1. The molecule has 1 fully saturated rings. The van der Waals surface area contributed by atoms with Crippen LogP contribution in [-0.2, 0) is 19.1 Å². The number of rotatable bonds is 13. The Balaban J connectivity index is 1.37. The van der Waals surface area contributed by atoms with Crippen LogP contribution < -0.4 is 0 Å². The topological polar surface area (TPSA) is 59.1 Å². The van der Waals surface area contributed by atoms with E-state index in [0.29, 0.717) is 11.7 Å². The van der Waals surface area contributed by atoms with Gasteiger partial charge in [0.15, 0.2) is 6.61 Å². The number of ether oxygens (including phenoxy) is 2. The van der Waals surface area contributed by atoms with Crippen LogP contribution in [0.4, 0.5) is 0 Å². The monoisotopic (exact) mass is 490 g/mol. The maximum atomic E-state index is 12.8. The molecule has 2 aliphatic heterocycles. The average Bonchev–Trinajstić information content (AvgIpc) is 3.13. The molecular formula is C27H42N2O4S. The molecule has 0 saturated carbocycles. The van der Waals surface area contributed by atoms with Gasteiger partial charge in [0.1, 0.15) is 11.5 Å². The normalized spacial score (nSPS) is 25.3. The molecule has 1 aliphatic carbocycles. The fourth-order valence-corrected chi connectivity index (χ4v) is 5.92. The van der Waals surface area contributed by atoms with Gasteiger partial charge in [0.2, 0.25) is 5.12 Å². The summed E-state index contributed by atoms with van der Waals surface area (Å²) in [6, 6.07) is 0. The number of nitrogens with zero attached hydrogens (tertiary/aromatic N) is 2. The SMILES string of the molecule is CCCCCCCCC1(C)SC(=O)C=C1OCC(=O)N1CCN(CC2C=CC(OC)=CC2)CC1. The second kappa shape index (κ2) is 13.4. The van der Waals surface area contributed by atoms with Gasteiger partial charge in [0.05, 0.1) is 11.9 Å². The zero-order valence-corrected chi connectivity index (χ0v) is 22.0. The lowest BCUT2D eigenvalue weighted by atomic mass is 9.99. The third-order valence-electron chi connectivity index (χ3n) is 7.06. The van der Waals surface area contributed by atoms with E-state index in [1.165, 1.54) is 43.9 Å². The highest BCUT2D eigenvalue weighted by molar-refractivity contribution is 8.15. The summed E-state index contributed by atoms with van der Waals surface area (Å²) in [6.45, 7) is 8.52. The Morgan fingerprint density at radius 3 is 2.56 bits per heavy atom. The first kappa shape index (κ1) is 26.9. The Kier molecular flexibility index (Phi) is 10.6. The Bertz CT molecular complexity index is 785. The van der Waals surface area contributed by atoms with Crippen LogP contribution in [0.15, 0.2) is 35.8 Å². The molecule has 3 rings (SSSR count). The van der Waals surface area contributed by atoms with Crippen molar-refractivity contribution in [3.8, 4) is 0 Å². The number of carbonyl (C=O) groups excluding carboxylic acids is 2. The standard InChI is InChI=1S/C27H42N2O4S/c1-4-5-6-7-8-9-14-27(2)24(19-26(31)34-27)33-21-25(30)29-17-15-28(16-18-29)20-22-10-12-23(32-3)13-11-22/h10,12-13,19,22H,4-9,11,14-18,20-21H2,1-3H3. The lowest BCUT2D eigenvalue weighted by Crippen LogP contribution is -2.50. The van der Waals surface area contributed by atoms with Crippen LogP contribution in [0.2, 0.25) is 0 Å². The smallest absolute Gasteiger partial charge is 0.260 e. The number of hydrogen-bond donors (Lipinski definition) is 0. The maximum Gasteiger partial charge on any atom is 0.260 e. The highest BCUT2D eigenvalue weighted by Crippen LogP contribution is 2.44. The van der Waals surface area contributed by atoms with Gasteiger partial charge in [0, 0.05) is 38.8 Å². The molecule has 1 amide bonds. The molecule has 0 spiro atoms. The van der Waals surface area contributed by atoms with Gasteiger partial charge in [-0.3, -0.25) is 14.5 Å². The van der Waals surface area contributed by atoms with Crippen LogP contribution in [0.5, 0.6) is 0 Å². The van der Waals surface area contributed by atoms with E-state index in [9.17, 15) is 9.59 Å². The van der Waals surface area contributed by atoms with Gasteiger partial charge in [-0.15, -0.1) is 0 Å². The summed E-state index contributed by atoms with van der Waals surface area (Å²) in [4.78, 5) is 29.2. The van der Waals surface area contributed by atoms with Gasteiger partial charge in [0.25, 0.3) is 5.91 Å². The first-order valence-corrected chi connectivity index (χ1v) is 13.8. The Morgan fingerprint density at radius 1 is 1.15 bits per heavy atom. The second-order valence-corrected chi connectivity index (χ2v) is 11.3. The van der Waals surface area contributed by atoms with Crippen molar-refractivity contribution in [1.82, 2.24) is 9.80 Å². The molecule has 0 radical (unpaired) electrons. The minimum absolute atomic E-state index is 0.0112. The highest BCUT2D eigenvalue weighted by Gasteiger charge is 2.39. The number of amides is 1. The minimum Gasteiger partial charge on any atom is -0.497 e. The highest BCUT2D eigenvalue weighted by atomic mass is 32.2. The van der Waals surface area contributed by atoms with Crippen LogP contribution in [-0.4, -0.2) is 72.0 Å². The van der Waals surface area contributed by atoms with Crippen LogP contribution >= 0.6 is 11.8 Å². The van der Waals surface area contributed by atoms with Gasteiger partial charge in [-0.2, -0.15) is 0 Å². The van der Waals surface area contributed by atoms with Crippen LogP contribution in [0.1, 0.15) is 65.2 Å². The van der Waals surface area contributed by atoms with E-state index in [1.807, 2.05) is 11.0 Å². The maximum absolute atomic E-state index is 12.8. The Morgan fingerprint density at radius 2 is 1.88 bits per heavy atom. The van der Waals surface area contributed by atoms with E-state index in [0.717, 1.165) is 57.7 Å². The molecule has 0 aromatic heterocycles. The molecule has 2 heterocycles. The van der Waals surface area contributed by atoms with Gasteiger partial charge < -0.3 is 14.4 Å².